The topological polar surface area (TPSA) is 21.3 Å². The van der Waals surface area contributed by atoms with Crippen LogP contribution in [0.1, 0.15) is 46.5 Å². The van der Waals surface area contributed by atoms with Crippen LogP contribution in [0.3, 0.4) is 0 Å². The zero-order valence-corrected chi connectivity index (χ0v) is 10.6. The third-order valence-electron chi connectivity index (χ3n) is 2.92. The fourth-order valence-electron chi connectivity index (χ4n) is 1.74. The highest BCUT2D eigenvalue weighted by atomic mass is 16.5. The quantitative estimate of drug-likeness (QED) is 0.636. The molecular weight excluding hydrogens is 186 g/mol. The van der Waals surface area contributed by atoms with Crippen LogP contribution in [0.5, 0.6) is 0 Å². The zero-order chi connectivity index (χ0) is 11.1. The van der Waals surface area contributed by atoms with Gasteiger partial charge in [-0.05, 0) is 31.1 Å². The first-order valence-corrected chi connectivity index (χ1v) is 6.53. The first kappa shape index (κ1) is 13.0. The van der Waals surface area contributed by atoms with Crippen molar-refractivity contribution in [2.24, 2.45) is 11.8 Å². The Labute approximate surface area is 94.8 Å². The minimum absolute atomic E-state index is 0.591. The highest BCUT2D eigenvalue weighted by molar-refractivity contribution is 4.72. The molecule has 90 valence electrons. The van der Waals surface area contributed by atoms with Gasteiger partial charge in [0, 0.05) is 19.2 Å². The summed E-state index contributed by atoms with van der Waals surface area (Å²) in [7, 11) is 0. The van der Waals surface area contributed by atoms with Crippen molar-refractivity contribution in [3.05, 3.63) is 0 Å². The second-order valence-corrected chi connectivity index (χ2v) is 5.20. The Morgan fingerprint density at radius 2 is 2.07 bits per heavy atom. The monoisotopic (exact) mass is 213 g/mol. The van der Waals surface area contributed by atoms with E-state index in [1.165, 1.54) is 25.7 Å². The summed E-state index contributed by atoms with van der Waals surface area (Å²) in [5.41, 5.74) is 0. The molecule has 1 N–H and O–H groups in total. The van der Waals surface area contributed by atoms with Crippen LogP contribution in [0.15, 0.2) is 0 Å². The van der Waals surface area contributed by atoms with Crippen molar-refractivity contribution in [3.63, 3.8) is 0 Å². The molecule has 1 rings (SSSR count). The fourth-order valence-corrected chi connectivity index (χ4v) is 1.74. The summed E-state index contributed by atoms with van der Waals surface area (Å²) in [6.07, 6.45) is 5.33. The number of hydrogen-bond donors (Lipinski definition) is 1. The van der Waals surface area contributed by atoms with Crippen molar-refractivity contribution < 1.29 is 4.74 Å². The summed E-state index contributed by atoms with van der Waals surface area (Å²) < 4.78 is 5.76. The van der Waals surface area contributed by atoms with Gasteiger partial charge < -0.3 is 10.1 Å². The molecule has 0 heterocycles. The molecule has 1 unspecified atom stereocenters. The lowest BCUT2D eigenvalue weighted by Crippen LogP contribution is -2.31. The van der Waals surface area contributed by atoms with E-state index < -0.39 is 0 Å². The highest BCUT2D eigenvalue weighted by Gasteiger charge is 2.21. The maximum absolute atomic E-state index is 5.76. The molecule has 1 fully saturated rings. The summed E-state index contributed by atoms with van der Waals surface area (Å²) in [6, 6.07) is 0.591. The number of ether oxygens (including phenoxy) is 1. The Morgan fingerprint density at radius 1 is 1.33 bits per heavy atom. The van der Waals surface area contributed by atoms with Crippen LogP contribution in [0, 0.1) is 11.8 Å². The van der Waals surface area contributed by atoms with E-state index in [-0.39, 0.29) is 0 Å². The Kier molecular flexibility index (Phi) is 6.26. The average molecular weight is 213 g/mol. The lowest BCUT2D eigenvalue weighted by atomic mass is 10.0. The van der Waals surface area contributed by atoms with Crippen molar-refractivity contribution in [2.75, 3.05) is 19.8 Å². The van der Waals surface area contributed by atoms with Crippen LogP contribution < -0.4 is 5.32 Å². The summed E-state index contributed by atoms with van der Waals surface area (Å²) >= 11 is 0. The van der Waals surface area contributed by atoms with Gasteiger partial charge in [-0.2, -0.15) is 0 Å². The van der Waals surface area contributed by atoms with Gasteiger partial charge in [0.15, 0.2) is 0 Å². The minimum atomic E-state index is 0.591. The molecular formula is C13H27NO. The molecule has 2 heteroatoms. The molecule has 2 nitrogen and oxygen atoms in total. The van der Waals surface area contributed by atoms with Crippen LogP contribution in [0.25, 0.3) is 0 Å². The fraction of sp³-hybridized carbons (Fsp3) is 1.00. The Balaban J connectivity index is 2.04. The van der Waals surface area contributed by atoms with Crippen LogP contribution in [0.2, 0.25) is 0 Å². The molecule has 1 atom stereocenters. The normalized spacial score (nSPS) is 18.4. The molecule has 0 radical (unpaired) electrons. The largest absolute Gasteiger partial charge is 0.381 e. The van der Waals surface area contributed by atoms with Crippen molar-refractivity contribution in [1.29, 1.82) is 0 Å². The lowest BCUT2D eigenvalue weighted by molar-refractivity contribution is 0.0870. The SMILES string of the molecule is CCCC(CNC(C)C)COCC1CC1. The minimum Gasteiger partial charge on any atom is -0.381 e. The number of rotatable bonds is 9. The van der Waals surface area contributed by atoms with Crippen molar-refractivity contribution in [2.45, 2.75) is 52.5 Å². The second-order valence-electron chi connectivity index (χ2n) is 5.20. The molecule has 1 aliphatic rings. The predicted molar refractivity (Wildman–Crippen MR) is 65.1 cm³/mol. The second kappa shape index (κ2) is 7.24. The summed E-state index contributed by atoms with van der Waals surface area (Å²) in [6.45, 7) is 9.72. The molecule has 1 aliphatic carbocycles. The predicted octanol–water partition coefficient (Wildman–Crippen LogP) is 2.83. The first-order valence-electron chi connectivity index (χ1n) is 6.53. The molecule has 0 aromatic carbocycles. The Morgan fingerprint density at radius 3 is 2.60 bits per heavy atom. The summed E-state index contributed by atoms with van der Waals surface area (Å²) in [5.74, 6) is 1.60. The number of nitrogens with one attached hydrogen (secondary N) is 1. The molecule has 15 heavy (non-hydrogen) atoms. The molecule has 0 spiro atoms. The van der Waals surface area contributed by atoms with E-state index in [2.05, 4.69) is 26.1 Å². The van der Waals surface area contributed by atoms with Crippen LogP contribution in [-0.4, -0.2) is 25.8 Å². The van der Waals surface area contributed by atoms with E-state index in [9.17, 15) is 0 Å². The summed E-state index contributed by atoms with van der Waals surface area (Å²) in [5, 5.41) is 3.50. The van der Waals surface area contributed by atoms with E-state index in [0.29, 0.717) is 12.0 Å². The van der Waals surface area contributed by atoms with Gasteiger partial charge in [0.05, 0.1) is 6.61 Å². The van der Waals surface area contributed by atoms with E-state index in [4.69, 9.17) is 4.74 Å². The van der Waals surface area contributed by atoms with Crippen molar-refractivity contribution in [3.8, 4) is 0 Å². The average Bonchev–Trinajstić information content (AvgIpc) is 2.98. The Bertz CT molecular complexity index is 155. The summed E-state index contributed by atoms with van der Waals surface area (Å²) in [4.78, 5) is 0. The smallest absolute Gasteiger partial charge is 0.0506 e. The maximum atomic E-state index is 5.76. The van der Waals surface area contributed by atoms with Crippen LogP contribution in [0.4, 0.5) is 0 Å². The standard InChI is InChI=1S/C13H27NO/c1-4-5-13(8-14-11(2)3)10-15-9-12-6-7-12/h11-14H,4-10H2,1-3H3. The Hall–Kier alpha value is -0.0800. The van der Waals surface area contributed by atoms with Crippen LogP contribution in [-0.2, 0) is 4.74 Å². The van der Waals surface area contributed by atoms with Gasteiger partial charge in [0.2, 0.25) is 0 Å². The molecule has 0 aromatic heterocycles. The van der Waals surface area contributed by atoms with E-state index in [0.717, 1.165) is 25.7 Å². The lowest BCUT2D eigenvalue weighted by Gasteiger charge is -2.18. The molecule has 0 amide bonds. The first-order chi connectivity index (χ1) is 7.22. The molecule has 0 aromatic rings. The zero-order valence-electron chi connectivity index (χ0n) is 10.6. The van der Waals surface area contributed by atoms with Gasteiger partial charge in [-0.15, -0.1) is 0 Å². The molecule has 0 aliphatic heterocycles. The van der Waals surface area contributed by atoms with Gasteiger partial charge in [0.1, 0.15) is 0 Å². The van der Waals surface area contributed by atoms with Crippen LogP contribution >= 0.6 is 0 Å². The van der Waals surface area contributed by atoms with Gasteiger partial charge in [0.25, 0.3) is 0 Å². The van der Waals surface area contributed by atoms with E-state index in [1.54, 1.807) is 0 Å². The van der Waals surface area contributed by atoms with Gasteiger partial charge in [-0.3, -0.25) is 0 Å². The third-order valence-corrected chi connectivity index (χ3v) is 2.92. The van der Waals surface area contributed by atoms with Crippen molar-refractivity contribution in [1.82, 2.24) is 5.32 Å². The van der Waals surface area contributed by atoms with Crippen molar-refractivity contribution >= 4 is 0 Å². The van der Waals surface area contributed by atoms with Gasteiger partial charge >= 0.3 is 0 Å². The molecule has 1 saturated carbocycles. The maximum Gasteiger partial charge on any atom is 0.0506 e. The van der Waals surface area contributed by atoms with E-state index >= 15 is 0 Å². The highest BCUT2D eigenvalue weighted by Crippen LogP contribution is 2.29. The van der Waals surface area contributed by atoms with Gasteiger partial charge in [-0.1, -0.05) is 27.2 Å². The third kappa shape index (κ3) is 6.91. The molecule has 0 saturated heterocycles. The van der Waals surface area contributed by atoms with E-state index in [1.807, 2.05) is 0 Å². The number of hydrogen-bond acceptors (Lipinski definition) is 2. The molecule has 0 bridgehead atoms. The van der Waals surface area contributed by atoms with Gasteiger partial charge in [-0.25, -0.2) is 0 Å².